The molecule has 0 aliphatic heterocycles. The summed E-state index contributed by atoms with van der Waals surface area (Å²) in [5, 5.41) is 5.12. The van der Waals surface area contributed by atoms with Crippen LogP contribution < -0.4 is 4.90 Å². The van der Waals surface area contributed by atoms with Gasteiger partial charge in [0.1, 0.15) is 0 Å². The first kappa shape index (κ1) is 27.2. The molecule has 0 aliphatic carbocycles. The standard InChI is InChI=1S/C42H27BrN2S/c43-30-23-29(28-11-10-14-32(24-28)45-39-18-7-4-15-35(39)36-16-5-8-19-40(36)45)25-34(26-30)44(31-12-2-1-3-13-31)33-21-22-42-38(27-33)37-17-6-9-20-41(37)46-42/h1-27H. The minimum Gasteiger partial charge on any atom is -0.310 e. The third kappa shape index (κ3) is 4.53. The third-order valence-electron chi connectivity index (χ3n) is 8.79. The van der Waals surface area contributed by atoms with E-state index in [9.17, 15) is 0 Å². The monoisotopic (exact) mass is 670 g/mol. The lowest BCUT2D eigenvalue weighted by Crippen LogP contribution is -2.10. The number of thiophene rings is 1. The molecule has 218 valence electrons. The zero-order valence-corrected chi connectivity index (χ0v) is 27.2. The summed E-state index contributed by atoms with van der Waals surface area (Å²) in [5.41, 5.74) is 9.21. The predicted molar refractivity (Wildman–Crippen MR) is 201 cm³/mol. The van der Waals surface area contributed by atoms with Crippen molar-refractivity contribution in [2.45, 2.75) is 0 Å². The van der Waals surface area contributed by atoms with Crippen LogP contribution in [0.5, 0.6) is 0 Å². The SMILES string of the molecule is Brc1cc(-c2cccc(-n3c4ccccc4c4ccccc43)c2)cc(N(c2ccccc2)c2ccc3sc4ccccc4c3c2)c1. The summed E-state index contributed by atoms with van der Waals surface area (Å²) in [4.78, 5) is 2.36. The Morgan fingerprint density at radius 2 is 1.11 bits per heavy atom. The van der Waals surface area contributed by atoms with Gasteiger partial charge < -0.3 is 9.47 Å². The van der Waals surface area contributed by atoms with E-state index in [1.54, 1.807) is 0 Å². The maximum absolute atomic E-state index is 3.88. The molecular formula is C42H27BrN2S. The van der Waals surface area contributed by atoms with Crippen molar-refractivity contribution in [3.05, 3.63) is 168 Å². The molecule has 0 spiro atoms. The second-order valence-corrected chi connectivity index (χ2v) is 13.6. The number of rotatable bonds is 5. The van der Waals surface area contributed by atoms with Crippen LogP contribution in [0.2, 0.25) is 0 Å². The lowest BCUT2D eigenvalue weighted by molar-refractivity contribution is 1.18. The molecule has 2 aromatic heterocycles. The first-order chi connectivity index (χ1) is 22.7. The number of fused-ring (bicyclic) bond motifs is 6. The number of benzene rings is 7. The van der Waals surface area contributed by atoms with Crippen LogP contribution in [0.3, 0.4) is 0 Å². The molecule has 0 fully saturated rings. The van der Waals surface area contributed by atoms with Gasteiger partial charge in [0.25, 0.3) is 0 Å². The summed E-state index contributed by atoms with van der Waals surface area (Å²) >= 11 is 5.73. The van der Waals surface area contributed by atoms with Crippen LogP contribution in [-0.4, -0.2) is 4.57 Å². The lowest BCUT2D eigenvalue weighted by Gasteiger charge is -2.26. The average molecular weight is 672 g/mol. The van der Waals surface area contributed by atoms with Crippen molar-refractivity contribution in [2.75, 3.05) is 4.90 Å². The van der Waals surface area contributed by atoms with E-state index in [-0.39, 0.29) is 0 Å². The summed E-state index contributed by atoms with van der Waals surface area (Å²) in [6.07, 6.45) is 0. The highest BCUT2D eigenvalue weighted by molar-refractivity contribution is 9.10. The predicted octanol–water partition coefficient (Wildman–Crippen LogP) is 13.1. The van der Waals surface area contributed by atoms with E-state index in [1.165, 1.54) is 42.0 Å². The minimum atomic E-state index is 1.03. The molecule has 0 aliphatic rings. The van der Waals surface area contributed by atoms with E-state index in [0.29, 0.717) is 0 Å². The third-order valence-corrected chi connectivity index (χ3v) is 10.4. The van der Waals surface area contributed by atoms with Gasteiger partial charge in [0, 0.05) is 58.2 Å². The zero-order valence-electron chi connectivity index (χ0n) is 24.8. The van der Waals surface area contributed by atoms with Crippen molar-refractivity contribution < 1.29 is 0 Å². The highest BCUT2D eigenvalue weighted by Crippen LogP contribution is 2.42. The molecule has 2 heterocycles. The Kier molecular flexibility index (Phi) is 6.51. The average Bonchev–Trinajstić information content (AvgIpc) is 3.64. The smallest absolute Gasteiger partial charge is 0.0541 e. The molecule has 9 rings (SSSR count). The number of halogens is 1. The molecule has 0 amide bonds. The topological polar surface area (TPSA) is 8.17 Å². The van der Waals surface area contributed by atoms with Gasteiger partial charge in [-0.3, -0.25) is 0 Å². The summed E-state index contributed by atoms with van der Waals surface area (Å²) in [5.74, 6) is 0. The lowest BCUT2D eigenvalue weighted by atomic mass is 10.0. The Bertz CT molecular complexity index is 2510. The van der Waals surface area contributed by atoms with Crippen molar-refractivity contribution in [1.82, 2.24) is 4.57 Å². The Morgan fingerprint density at radius 3 is 1.89 bits per heavy atom. The quantitative estimate of drug-likeness (QED) is 0.177. The normalized spacial score (nSPS) is 11.6. The number of nitrogens with zero attached hydrogens (tertiary/aromatic N) is 2. The highest BCUT2D eigenvalue weighted by Gasteiger charge is 2.17. The summed E-state index contributed by atoms with van der Waals surface area (Å²) in [6, 6.07) is 59.1. The van der Waals surface area contributed by atoms with Crippen molar-refractivity contribution in [3.63, 3.8) is 0 Å². The Balaban J connectivity index is 1.21. The maximum Gasteiger partial charge on any atom is 0.0541 e. The molecule has 0 atom stereocenters. The molecule has 0 unspecified atom stereocenters. The Morgan fingerprint density at radius 1 is 0.435 bits per heavy atom. The van der Waals surface area contributed by atoms with E-state index in [1.807, 2.05) is 11.3 Å². The van der Waals surface area contributed by atoms with Gasteiger partial charge in [-0.2, -0.15) is 0 Å². The van der Waals surface area contributed by atoms with Crippen LogP contribution >= 0.6 is 27.3 Å². The molecule has 0 N–H and O–H groups in total. The van der Waals surface area contributed by atoms with E-state index in [4.69, 9.17) is 0 Å². The first-order valence-electron chi connectivity index (χ1n) is 15.4. The summed E-state index contributed by atoms with van der Waals surface area (Å²) in [6.45, 7) is 0. The number of para-hydroxylation sites is 3. The van der Waals surface area contributed by atoms with Crippen LogP contribution in [0.1, 0.15) is 0 Å². The van der Waals surface area contributed by atoms with Crippen LogP contribution in [0.4, 0.5) is 17.1 Å². The molecule has 2 nitrogen and oxygen atoms in total. The molecule has 0 saturated heterocycles. The number of hydrogen-bond donors (Lipinski definition) is 0. The fourth-order valence-electron chi connectivity index (χ4n) is 6.77. The minimum absolute atomic E-state index is 1.03. The largest absolute Gasteiger partial charge is 0.310 e. The van der Waals surface area contributed by atoms with Crippen LogP contribution in [0.25, 0.3) is 58.8 Å². The van der Waals surface area contributed by atoms with E-state index >= 15 is 0 Å². The van der Waals surface area contributed by atoms with Gasteiger partial charge in [-0.1, -0.05) is 101 Å². The van der Waals surface area contributed by atoms with Crippen LogP contribution in [-0.2, 0) is 0 Å². The Hall–Kier alpha value is -5.16. The van der Waals surface area contributed by atoms with Gasteiger partial charge in [-0.05, 0) is 90.0 Å². The maximum atomic E-state index is 3.88. The Labute approximate surface area is 279 Å². The van der Waals surface area contributed by atoms with Gasteiger partial charge >= 0.3 is 0 Å². The van der Waals surface area contributed by atoms with Gasteiger partial charge in [-0.15, -0.1) is 11.3 Å². The highest BCUT2D eigenvalue weighted by atomic mass is 79.9. The van der Waals surface area contributed by atoms with Crippen LogP contribution in [0.15, 0.2) is 168 Å². The molecule has 0 saturated carbocycles. The van der Waals surface area contributed by atoms with Crippen molar-refractivity contribution in [2.24, 2.45) is 0 Å². The van der Waals surface area contributed by atoms with Gasteiger partial charge in [0.15, 0.2) is 0 Å². The fourth-order valence-corrected chi connectivity index (χ4v) is 8.34. The second-order valence-electron chi connectivity index (χ2n) is 11.6. The molecule has 46 heavy (non-hydrogen) atoms. The fraction of sp³-hybridized carbons (Fsp3) is 0. The van der Waals surface area contributed by atoms with E-state index in [0.717, 1.165) is 38.3 Å². The second kappa shape index (κ2) is 11.0. The first-order valence-corrected chi connectivity index (χ1v) is 17.0. The van der Waals surface area contributed by atoms with Gasteiger partial charge in [0.2, 0.25) is 0 Å². The van der Waals surface area contributed by atoms with Gasteiger partial charge in [-0.25, -0.2) is 0 Å². The van der Waals surface area contributed by atoms with Gasteiger partial charge in [0.05, 0.1) is 11.0 Å². The summed E-state index contributed by atoms with van der Waals surface area (Å²) in [7, 11) is 0. The summed E-state index contributed by atoms with van der Waals surface area (Å²) < 4.78 is 6.03. The van der Waals surface area contributed by atoms with Crippen molar-refractivity contribution in [1.29, 1.82) is 0 Å². The number of anilines is 3. The zero-order chi connectivity index (χ0) is 30.6. The van der Waals surface area contributed by atoms with Crippen molar-refractivity contribution >= 4 is 86.3 Å². The number of hydrogen-bond acceptors (Lipinski definition) is 2. The number of aromatic nitrogens is 1. The molecule has 0 radical (unpaired) electrons. The van der Waals surface area contributed by atoms with E-state index < -0.39 is 0 Å². The molecular weight excluding hydrogens is 644 g/mol. The molecule has 9 aromatic rings. The van der Waals surface area contributed by atoms with Crippen molar-refractivity contribution in [3.8, 4) is 16.8 Å². The molecule has 0 bridgehead atoms. The van der Waals surface area contributed by atoms with Crippen LogP contribution in [0, 0.1) is 0 Å². The molecule has 7 aromatic carbocycles. The van der Waals surface area contributed by atoms with E-state index in [2.05, 4.69) is 189 Å². The molecule has 4 heteroatoms.